The summed E-state index contributed by atoms with van der Waals surface area (Å²) in [6.07, 6.45) is 3.49. The van der Waals surface area contributed by atoms with Gasteiger partial charge in [-0.2, -0.15) is 0 Å². The van der Waals surface area contributed by atoms with E-state index in [1.165, 1.54) is 0 Å². The van der Waals surface area contributed by atoms with Crippen LogP contribution in [0.5, 0.6) is 0 Å². The Morgan fingerprint density at radius 1 is 0.500 bits per heavy atom. The van der Waals surface area contributed by atoms with Crippen molar-refractivity contribution < 1.29 is 0 Å². The quantitative estimate of drug-likeness (QED) is 0.378. The van der Waals surface area contributed by atoms with Crippen molar-refractivity contribution in [3.63, 3.8) is 0 Å². The molecule has 0 aliphatic rings. The number of benzene rings is 3. The summed E-state index contributed by atoms with van der Waals surface area (Å²) in [5.74, 6) is 0.578. The first-order valence-electron chi connectivity index (χ1n) is 10.4. The van der Waals surface area contributed by atoms with E-state index in [1.54, 1.807) is 12.4 Å². The molecular weight excluding hydrogens is 396 g/mol. The highest BCUT2D eigenvalue weighted by atomic mass is 15.2. The molecule has 0 fully saturated rings. The van der Waals surface area contributed by atoms with Crippen molar-refractivity contribution >= 4 is 44.1 Å². The SMILES string of the molecule is c1ccc(-n2c3ccccc3c3nc4c5ccccc5n(-c5ncccn5)c4nc32)cc1. The minimum absolute atomic E-state index is 0.578. The minimum Gasteiger partial charge on any atom is -0.292 e. The standard InChI is InChI=1S/C26H16N6/c1-2-9-17(10-3-1)31-20-13-6-4-11-18(20)22-24(31)30-25-23(29-22)19-12-5-7-14-21(19)32(25)26-27-15-8-16-28-26/h1-16H. The van der Waals surface area contributed by atoms with E-state index in [9.17, 15) is 0 Å². The van der Waals surface area contributed by atoms with Gasteiger partial charge in [-0.25, -0.2) is 19.9 Å². The highest BCUT2D eigenvalue weighted by molar-refractivity contribution is 6.12. The molecule has 0 radical (unpaired) electrons. The van der Waals surface area contributed by atoms with E-state index in [0.29, 0.717) is 5.95 Å². The molecule has 0 N–H and O–H groups in total. The average molecular weight is 412 g/mol. The van der Waals surface area contributed by atoms with Crippen molar-refractivity contribution in [3.8, 4) is 11.6 Å². The second-order valence-electron chi connectivity index (χ2n) is 7.66. The van der Waals surface area contributed by atoms with Crippen LogP contribution in [-0.4, -0.2) is 29.1 Å². The molecule has 0 amide bonds. The lowest BCUT2D eigenvalue weighted by atomic mass is 10.2. The van der Waals surface area contributed by atoms with Crippen LogP contribution in [0.1, 0.15) is 0 Å². The molecule has 0 unspecified atom stereocenters. The molecule has 150 valence electrons. The molecule has 0 aliphatic carbocycles. The van der Waals surface area contributed by atoms with Crippen LogP contribution in [-0.2, 0) is 0 Å². The maximum Gasteiger partial charge on any atom is 0.235 e. The van der Waals surface area contributed by atoms with Crippen LogP contribution in [0.15, 0.2) is 97.3 Å². The Morgan fingerprint density at radius 3 is 1.75 bits per heavy atom. The number of hydrogen-bond acceptors (Lipinski definition) is 4. The van der Waals surface area contributed by atoms with Gasteiger partial charge in [0.2, 0.25) is 5.95 Å². The third-order valence-electron chi connectivity index (χ3n) is 5.85. The molecule has 7 aromatic rings. The average Bonchev–Trinajstić information content (AvgIpc) is 3.36. The number of para-hydroxylation sites is 3. The van der Waals surface area contributed by atoms with Gasteiger partial charge in [-0.3, -0.25) is 9.13 Å². The summed E-state index contributed by atoms with van der Waals surface area (Å²) in [5.41, 5.74) is 6.39. The van der Waals surface area contributed by atoms with Gasteiger partial charge in [0.25, 0.3) is 0 Å². The predicted molar refractivity (Wildman–Crippen MR) is 126 cm³/mol. The van der Waals surface area contributed by atoms with Crippen LogP contribution in [0.3, 0.4) is 0 Å². The van der Waals surface area contributed by atoms with Crippen LogP contribution in [0.2, 0.25) is 0 Å². The van der Waals surface area contributed by atoms with E-state index in [0.717, 1.165) is 49.8 Å². The van der Waals surface area contributed by atoms with Gasteiger partial charge in [-0.15, -0.1) is 0 Å². The van der Waals surface area contributed by atoms with Crippen LogP contribution >= 0.6 is 0 Å². The van der Waals surface area contributed by atoms with Gasteiger partial charge in [0.1, 0.15) is 11.0 Å². The summed E-state index contributed by atoms with van der Waals surface area (Å²) in [4.78, 5) is 19.4. The second-order valence-corrected chi connectivity index (χ2v) is 7.66. The number of hydrogen-bond donors (Lipinski definition) is 0. The fraction of sp³-hybridized carbons (Fsp3) is 0. The van der Waals surface area contributed by atoms with Crippen molar-refractivity contribution in [3.05, 3.63) is 97.3 Å². The van der Waals surface area contributed by atoms with Gasteiger partial charge in [-0.1, -0.05) is 54.6 Å². The molecule has 0 saturated carbocycles. The largest absolute Gasteiger partial charge is 0.292 e. The van der Waals surface area contributed by atoms with Gasteiger partial charge in [-0.05, 0) is 30.3 Å². The summed E-state index contributed by atoms with van der Waals surface area (Å²) < 4.78 is 4.16. The Hall–Kier alpha value is -4.58. The van der Waals surface area contributed by atoms with Crippen molar-refractivity contribution in [1.82, 2.24) is 29.1 Å². The normalized spacial score (nSPS) is 11.8. The molecule has 4 heterocycles. The molecule has 7 rings (SSSR count). The minimum atomic E-state index is 0.578. The molecule has 0 spiro atoms. The lowest BCUT2D eigenvalue weighted by Crippen LogP contribution is -2.02. The molecule has 4 aromatic heterocycles. The van der Waals surface area contributed by atoms with Crippen molar-refractivity contribution in [1.29, 1.82) is 0 Å². The van der Waals surface area contributed by atoms with E-state index in [4.69, 9.17) is 9.97 Å². The Labute approximate surface area is 182 Å². The van der Waals surface area contributed by atoms with E-state index < -0.39 is 0 Å². The maximum atomic E-state index is 5.19. The zero-order valence-corrected chi connectivity index (χ0v) is 16.9. The third kappa shape index (κ3) is 2.29. The first-order chi connectivity index (χ1) is 15.9. The monoisotopic (exact) mass is 412 g/mol. The molecule has 0 aliphatic heterocycles. The summed E-state index contributed by atoms with van der Waals surface area (Å²) in [6, 6.07) is 28.6. The summed E-state index contributed by atoms with van der Waals surface area (Å²) in [7, 11) is 0. The van der Waals surface area contributed by atoms with Gasteiger partial charge >= 0.3 is 0 Å². The number of rotatable bonds is 2. The van der Waals surface area contributed by atoms with E-state index in [-0.39, 0.29) is 0 Å². The van der Waals surface area contributed by atoms with Crippen LogP contribution in [0, 0.1) is 0 Å². The Morgan fingerprint density at radius 2 is 1.06 bits per heavy atom. The molecule has 0 bridgehead atoms. The highest BCUT2D eigenvalue weighted by Crippen LogP contribution is 2.34. The molecule has 6 heteroatoms. The Kier molecular flexibility index (Phi) is 3.46. The van der Waals surface area contributed by atoms with Crippen molar-refractivity contribution in [2.24, 2.45) is 0 Å². The fourth-order valence-corrected chi connectivity index (χ4v) is 4.50. The Balaban J connectivity index is 1.71. The van der Waals surface area contributed by atoms with Crippen LogP contribution in [0.25, 0.3) is 55.8 Å². The maximum absolute atomic E-state index is 5.19. The molecule has 6 nitrogen and oxygen atoms in total. The summed E-state index contributed by atoms with van der Waals surface area (Å²) >= 11 is 0. The zero-order valence-electron chi connectivity index (χ0n) is 16.9. The third-order valence-corrected chi connectivity index (χ3v) is 5.85. The number of aromatic nitrogens is 6. The van der Waals surface area contributed by atoms with Gasteiger partial charge in [0, 0.05) is 28.9 Å². The highest BCUT2D eigenvalue weighted by Gasteiger charge is 2.21. The van der Waals surface area contributed by atoms with E-state index in [2.05, 4.69) is 50.9 Å². The lowest BCUT2D eigenvalue weighted by Gasteiger charge is -2.07. The van der Waals surface area contributed by atoms with Crippen molar-refractivity contribution in [2.75, 3.05) is 0 Å². The van der Waals surface area contributed by atoms with E-state index in [1.807, 2.05) is 53.1 Å². The molecule has 3 aromatic carbocycles. The number of nitrogens with zero attached hydrogens (tertiary/aromatic N) is 6. The molecule has 0 saturated heterocycles. The first kappa shape index (κ1) is 17.1. The van der Waals surface area contributed by atoms with Gasteiger partial charge < -0.3 is 0 Å². The van der Waals surface area contributed by atoms with E-state index >= 15 is 0 Å². The smallest absolute Gasteiger partial charge is 0.235 e. The summed E-state index contributed by atoms with van der Waals surface area (Å²) in [5, 5.41) is 2.11. The second kappa shape index (κ2) is 6.46. The molecule has 0 atom stereocenters. The first-order valence-corrected chi connectivity index (χ1v) is 10.4. The van der Waals surface area contributed by atoms with Gasteiger partial charge in [0.05, 0.1) is 11.0 Å². The zero-order chi connectivity index (χ0) is 21.1. The Bertz CT molecular complexity index is 1640. The number of fused-ring (bicyclic) bond motifs is 6. The summed E-state index contributed by atoms with van der Waals surface area (Å²) in [6.45, 7) is 0. The molecular formula is C26H16N6. The molecule has 32 heavy (non-hydrogen) atoms. The van der Waals surface area contributed by atoms with Crippen LogP contribution in [0.4, 0.5) is 0 Å². The topological polar surface area (TPSA) is 61.4 Å². The van der Waals surface area contributed by atoms with Gasteiger partial charge in [0.15, 0.2) is 11.3 Å². The predicted octanol–water partition coefficient (Wildman–Crippen LogP) is 5.46. The van der Waals surface area contributed by atoms with Crippen LogP contribution < -0.4 is 0 Å². The van der Waals surface area contributed by atoms with Crippen molar-refractivity contribution in [2.45, 2.75) is 0 Å². The lowest BCUT2D eigenvalue weighted by molar-refractivity contribution is 0.973. The fourth-order valence-electron chi connectivity index (χ4n) is 4.50.